The van der Waals surface area contributed by atoms with Gasteiger partial charge in [0, 0.05) is 11.8 Å². The van der Waals surface area contributed by atoms with Crippen LogP contribution in [-0.2, 0) is 11.2 Å². The van der Waals surface area contributed by atoms with Crippen LogP contribution >= 0.6 is 0 Å². The molecule has 0 saturated carbocycles. The Labute approximate surface area is 162 Å². The van der Waals surface area contributed by atoms with Crippen molar-refractivity contribution in [1.29, 1.82) is 0 Å². The summed E-state index contributed by atoms with van der Waals surface area (Å²) in [6.45, 7) is 1.64. The minimum Gasteiger partial charge on any atom is -0.454 e. The number of esters is 1. The Hall–Kier alpha value is -3.54. The Morgan fingerprint density at radius 3 is 2.50 bits per heavy atom. The van der Waals surface area contributed by atoms with Gasteiger partial charge in [0.2, 0.25) is 0 Å². The number of aromatic nitrogens is 1. The Bertz CT molecular complexity index is 987. The zero-order valence-electron chi connectivity index (χ0n) is 15.3. The number of hydrogen-bond donors (Lipinski definition) is 1. The van der Waals surface area contributed by atoms with Gasteiger partial charge in [-0.25, -0.2) is 14.2 Å². The number of halogens is 1. The van der Waals surface area contributed by atoms with Crippen LogP contribution in [0.1, 0.15) is 33.2 Å². The van der Waals surface area contributed by atoms with Crippen LogP contribution in [0.15, 0.2) is 66.9 Å². The molecule has 0 aliphatic heterocycles. The third-order valence-electron chi connectivity index (χ3n) is 4.17. The van der Waals surface area contributed by atoms with Crippen molar-refractivity contribution < 1.29 is 18.7 Å². The normalized spacial score (nSPS) is 10.4. The number of benzene rings is 2. The van der Waals surface area contributed by atoms with Gasteiger partial charge in [0.05, 0.1) is 5.69 Å². The van der Waals surface area contributed by atoms with Crippen LogP contribution in [0.4, 0.5) is 15.9 Å². The van der Waals surface area contributed by atoms with Crippen molar-refractivity contribution in [2.45, 2.75) is 13.3 Å². The molecule has 0 aliphatic rings. The van der Waals surface area contributed by atoms with E-state index in [-0.39, 0.29) is 22.9 Å². The zero-order chi connectivity index (χ0) is 19.9. The lowest BCUT2D eigenvalue weighted by molar-refractivity contribution is 0.0475. The predicted octanol–water partition coefficient (Wildman–Crippen LogP) is 4.57. The molecule has 0 amide bonds. The molecule has 3 rings (SSSR count). The van der Waals surface area contributed by atoms with Gasteiger partial charge in [-0.1, -0.05) is 43.3 Å². The maximum atomic E-state index is 13.9. The highest BCUT2D eigenvalue weighted by molar-refractivity contribution is 6.00. The first-order valence-electron chi connectivity index (χ1n) is 8.84. The van der Waals surface area contributed by atoms with Crippen molar-refractivity contribution in [1.82, 2.24) is 4.98 Å². The highest BCUT2D eigenvalue weighted by Crippen LogP contribution is 2.21. The summed E-state index contributed by atoms with van der Waals surface area (Å²) < 4.78 is 19.0. The molecular weight excluding hydrogens is 359 g/mol. The van der Waals surface area contributed by atoms with Crippen LogP contribution in [0.5, 0.6) is 0 Å². The maximum Gasteiger partial charge on any atom is 0.342 e. The largest absolute Gasteiger partial charge is 0.454 e. The number of ether oxygens (including phenoxy) is 1. The average Bonchev–Trinajstić information content (AvgIpc) is 2.74. The summed E-state index contributed by atoms with van der Waals surface area (Å²) in [6.07, 6.45) is 2.35. The fourth-order valence-corrected chi connectivity index (χ4v) is 2.58. The second kappa shape index (κ2) is 8.90. The Morgan fingerprint density at radius 2 is 1.79 bits per heavy atom. The molecule has 3 aromatic rings. The van der Waals surface area contributed by atoms with E-state index < -0.39 is 18.4 Å². The lowest BCUT2D eigenvalue weighted by atomic mass is 10.1. The number of carbonyl (C=O) groups is 2. The number of nitrogens with one attached hydrogen (secondary N) is 1. The lowest BCUT2D eigenvalue weighted by Crippen LogP contribution is -2.16. The van der Waals surface area contributed by atoms with Gasteiger partial charge in [-0.3, -0.25) is 4.79 Å². The van der Waals surface area contributed by atoms with E-state index in [2.05, 4.69) is 10.3 Å². The number of Topliss-reactive ketones (excluding diaryl/α,β-unsaturated/α-hetero) is 1. The number of pyridine rings is 1. The summed E-state index contributed by atoms with van der Waals surface area (Å²) in [5.41, 5.74) is 1.89. The molecule has 0 unspecified atom stereocenters. The second-order valence-electron chi connectivity index (χ2n) is 6.05. The SMILES string of the molecule is CCc1ccc(C(=O)COC(=O)c2cccnc2Nc2ccccc2F)cc1. The van der Waals surface area contributed by atoms with E-state index in [4.69, 9.17) is 4.74 Å². The van der Waals surface area contributed by atoms with Crippen molar-refractivity contribution in [2.75, 3.05) is 11.9 Å². The fraction of sp³-hybridized carbons (Fsp3) is 0.136. The first-order chi connectivity index (χ1) is 13.6. The summed E-state index contributed by atoms with van der Waals surface area (Å²) in [6, 6.07) is 16.3. The highest BCUT2D eigenvalue weighted by Gasteiger charge is 2.17. The Balaban J connectivity index is 1.69. The molecule has 2 aromatic carbocycles. The van der Waals surface area contributed by atoms with Crippen molar-refractivity contribution in [2.24, 2.45) is 0 Å². The molecule has 1 heterocycles. The van der Waals surface area contributed by atoms with E-state index in [1.165, 1.54) is 24.4 Å². The number of nitrogens with zero attached hydrogens (tertiary/aromatic N) is 1. The number of para-hydroxylation sites is 1. The van der Waals surface area contributed by atoms with E-state index in [9.17, 15) is 14.0 Å². The first kappa shape index (κ1) is 19.2. The first-order valence-corrected chi connectivity index (χ1v) is 8.84. The second-order valence-corrected chi connectivity index (χ2v) is 6.05. The predicted molar refractivity (Wildman–Crippen MR) is 104 cm³/mol. The lowest BCUT2D eigenvalue weighted by Gasteiger charge is -2.11. The van der Waals surface area contributed by atoms with Crippen molar-refractivity contribution in [3.05, 3.63) is 89.4 Å². The standard InChI is InChI=1S/C22H19FN2O3/c1-2-15-9-11-16(12-10-15)20(26)14-28-22(27)17-6-5-13-24-21(17)25-19-8-4-3-7-18(19)23/h3-13H,2,14H2,1H3,(H,24,25). The number of ketones is 1. The van der Waals surface area contributed by atoms with Crippen LogP contribution in [0.2, 0.25) is 0 Å². The van der Waals surface area contributed by atoms with Gasteiger partial charge in [0.15, 0.2) is 12.4 Å². The minimum absolute atomic E-state index is 0.111. The van der Waals surface area contributed by atoms with E-state index in [1.54, 1.807) is 30.3 Å². The number of hydrogen-bond acceptors (Lipinski definition) is 5. The van der Waals surface area contributed by atoms with Gasteiger partial charge < -0.3 is 10.1 Å². The third-order valence-corrected chi connectivity index (χ3v) is 4.17. The third kappa shape index (κ3) is 4.59. The molecule has 0 aliphatic carbocycles. The van der Waals surface area contributed by atoms with Crippen LogP contribution in [0.25, 0.3) is 0 Å². The number of carbonyl (C=O) groups excluding carboxylic acids is 2. The quantitative estimate of drug-likeness (QED) is 0.482. The number of aryl methyl sites for hydroxylation is 1. The molecule has 0 bridgehead atoms. The summed E-state index contributed by atoms with van der Waals surface area (Å²) in [5, 5.41) is 2.78. The van der Waals surface area contributed by atoms with E-state index in [0.717, 1.165) is 12.0 Å². The molecular formula is C22H19FN2O3. The molecule has 0 fully saturated rings. The summed E-state index contributed by atoms with van der Waals surface area (Å²) in [7, 11) is 0. The molecule has 1 aromatic heterocycles. The van der Waals surface area contributed by atoms with Gasteiger partial charge in [-0.2, -0.15) is 0 Å². The van der Waals surface area contributed by atoms with E-state index in [0.29, 0.717) is 5.56 Å². The van der Waals surface area contributed by atoms with Crippen molar-refractivity contribution in [3.63, 3.8) is 0 Å². The van der Waals surface area contributed by atoms with Crippen LogP contribution in [-0.4, -0.2) is 23.3 Å². The monoisotopic (exact) mass is 378 g/mol. The average molecular weight is 378 g/mol. The molecule has 0 saturated heterocycles. The molecule has 6 heteroatoms. The molecule has 0 radical (unpaired) electrons. The Kier molecular flexibility index (Phi) is 6.11. The molecule has 28 heavy (non-hydrogen) atoms. The van der Waals surface area contributed by atoms with E-state index >= 15 is 0 Å². The number of rotatable bonds is 7. The number of anilines is 2. The maximum absolute atomic E-state index is 13.9. The molecule has 0 spiro atoms. The fourth-order valence-electron chi connectivity index (χ4n) is 2.58. The van der Waals surface area contributed by atoms with Crippen molar-refractivity contribution >= 4 is 23.3 Å². The van der Waals surface area contributed by atoms with E-state index in [1.807, 2.05) is 19.1 Å². The molecule has 1 N–H and O–H groups in total. The summed E-state index contributed by atoms with van der Waals surface area (Å²) in [4.78, 5) is 28.7. The van der Waals surface area contributed by atoms with Crippen LogP contribution < -0.4 is 5.32 Å². The summed E-state index contributed by atoms with van der Waals surface area (Å²) in [5.74, 6) is -1.34. The van der Waals surface area contributed by atoms with Gasteiger partial charge in [0.25, 0.3) is 0 Å². The minimum atomic E-state index is -0.717. The topological polar surface area (TPSA) is 68.3 Å². The van der Waals surface area contributed by atoms with Gasteiger partial charge in [-0.05, 0) is 36.2 Å². The molecule has 0 atom stereocenters. The van der Waals surface area contributed by atoms with Gasteiger partial charge in [0.1, 0.15) is 17.2 Å². The van der Waals surface area contributed by atoms with Crippen LogP contribution in [0, 0.1) is 5.82 Å². The molecule has 5 nitrogen and oxygen atoms in total. The zero-order valence-corrected chi connectivity index (χ0v) is 15.3. The van der Waals surface area contributed by atoms with Crippen LogP contribution in [0.3, 0.4) is 0 Å². The Morgan fingerprint density at radius 1 is 1.04 bits per heavy atom. The summed E-state index contributed by atoms with van der Waals surface area (Å²) >= 11 is 0. The van der Waals surface area contributed by atoms with Gasteiger partial charge >= 0.3 is 5.97 Å². The molecule has 142 valence electrons. The van der Waals surface area contributed by atoms with Crippen molar-refractivity contribution in [3.8, 4) is 0 Å². The smallest absolute Gasteiger partial charge is 0.342 e. The highest BCUT2D eigenvalue weighted by atomic mass is 19.1. The van der Waals surface area contributed by atoms with Gasteiger partial charge in [-0.15, -0.1) is 0 Å².